The van der Waals surface area contributed by atoms with Gasteiger partial charge in [-0.3, -0.25) is 9.78 Å². The van der Waals surface area contributed by atoms with Crippen LogP contribution in [0.3, 0.4) is 0 Å². The fraction of sp³-hybridized carbons (Fsp3) is 0.167. The van der Waals surface area contributed by atoms with Crippen LogP contribution in [0, 0.1) is 0 Å². The van der Waals surface area contributed by atoms with E-state index in [4.69, 9.17) is 16.0 Å². The third-order valence-electron chi connectivity index (χ3n) is 2.33. The van der Waals surface area contributed by atoms with Crippen LogP contribution in [0.2, 0.25) is 5.22 Å². The summed E-state index contributed by atoms with van der Waals surface area (Å²) in [5.41, 5.74) is 0.929. The molecule has 2 rings (SSSR count). The van der Waals surface area contributed by atoms with Gasteiger partial charge in [-0.05, 0) is 42.3 Å². The third-order valence-corrected chi connectivity index (χ3v) is 2.53. The zero-order valence-corrected chi connectivity index (χ0v) is 9.94. The first-order valence-electron chi connectivity index (χ1n) is 5.13. The quantitative estimate of drug-likeness (QED) is 0.911. The Hall–Kier alpha value is -1.81. The van der Waals surface area contributed by atoms with E-state index in [9.17, 15) is 4.79 Å². The zero-order valence-electron chi connectivity index (χ0n) is 9.18. The third kappa shape index (κ3) is 2.85. The van der Waals surface area contributed by atoms with Crippen molar-refractivity contribution in [2.45, 2.75) is 13.0 Å². The van der Waals surface area contributed by atoms with Gasteiger partial charge in [0.15, 0.2) is 11.0 Å². The van der Waals surface area contributed by atoms with Crippen molar-refractivity contribution >= 4 is 17.5 Å². The van der Waals surface area contributed by atoms with E-state index in [1.807, 2.05) is 19.1 Å². The summed E-state index contributed by atoms with van der Waals surface area (Å²) in [4.78, 5) is 15.8. The molecule has 1 atom stereocenters. The first-order chi connectivity index (χ1) is 8.16. The molecule has 0 bridgehead atoms. The number of hydrogen-bond donors (Lipinski definition) is 1. The van der Waals surface area contributed by atoms with Crippen LogP contribution in [-0.4, -0.2) is 10.9 Å². The Bertz CT molecular complexity index is 510. The van der Waals surface area contributed by atoms with E-state index in [0.717, 1.165) is 5.56 Å². The van der Waals surface area contributed by atoms with Gasteiger partial charge in [-0.2, -0.15) is 0 Å². The Labute approximate surface area is 104 Å². The van der Waals surface area contributed by atoms with E-state index < -0.39 is 0 Å². The maximum absolute atomic E-state index is 11.8. The van der Waals surface area contributed by atoms with E-state index >= 15 is 0 Å². The van der Waals surface area contributed by atoms with Crippen molar-refractivity contribution in [3.05, 3.63) is 53.2 Å². The van der Waals surface area contributed by atoms with Crippen molar-refractivity contribution in [1.82, 2.24) is 10.3 Å². The number of nitrogens with zero attached hydrogens (tertiary/aromatic N) is 1. The summed E-state index contributed by atoms with van der Waals surface area (Å²) in [5.74, 6) is -0.0982. The molecule has 2 aromatic heterocycles. The van der Waals surface area contributed by atoms with E-state index in [1.54, 1.807) is 12.4 Å². The maximum Gasteiger partial charge on any atom is 0.287 e. The van der Waals surface area contributed by atoms with Crippen LogP contribution < -0.4 is 5.32 Å². The number of amides is 1. The molecule has 0 aliphatic carbocycles. The molecule has 0 saturated heterocycles. The van der Waals surface area contributed by atoms with Crippen LogP contribution in [0.5, 0.6) is 0 Å². The minimum absolute atomic E-state index is 0.139. The van der Waals surface area contributed by atoms with Crippen LogP contribution >= 0.6 is 11.6 Å². The summed E-state index contributed by atoms with van der Waals surface area (Å²) in [6.07, 6.45) is 3.39. The van der Waals surface area contributed by atoms with Crippen molar-refractivity contribution in [1.29, 1.82) is 0 Å². The number of aromatic nitrogens is 1. The molecule has 0 spiro atoms. The molecule has 1 N–H and O–H groups in total. The number of nitrogens with one attached hydrogen (secondary N) is 1. The largest absolute Gasteiger partial charge is 0.440 e. The molecule has 0 aliphatic heterocycles. The molecular weight excluding hydrogens is 240 g/mol. The second-order valence-electron chi connectivity index (χ2n) is 3.59. The molecule has 2 aromatic rings. The summed E-state index contributed by atoms with van der Waals surface area (Å²) >= 11 is 5.60. The Morgan fingerprint density at radius 2 is 2.29 bits per heavy atom. The molecule has 4 nitrogen and oxygen atoms in total. The van der Waals surface area contributed by atoms with E-state index in [2.05, 4.69) is 10.3 Å². The van der Waals surface area contributed by atoms with Gasteiger partial charge in [0.05, 0.1) is 6.04 Å². The predicted molar refractivity (Wildman–Crippen MR) is 63.8 cm³/mol. The normalized spacial score (nSPS) is 12.1. The first kappa shape index (κ1) is 11.7. The average molecular weight is 251 g/mol. The summed E-state index contributed by atoms with van der Waals surface area (Å²) in [7, 11) is 0. The highest BCUT2D eigenvalue weighted by Crippen LogP contribution is 2.15. The summed E-state index contributed by atoms with van der Waals surface area (Å²) < 4.78 is 5.02. The highest BCUT2D eigenvalue weighted by atomic mass is 35.5. The first-order valence-corrected chi connectivity index (χ1v) is 5.51. The topological polar surface area (TPSA) is 55.1 Å². The molecule has 2 heterocycles. The summed E-state index contributed by atoms with van der Waals surface area (Å²) in [5, 5.41) is 2.99. The fourth-order valence-electron chi connectivity index (χ4n) is 1.42. The van der Waals surface area contributed by atoms with Crippen LogP contribution in [0.4, 0.5) is 0 Å². The number of pyridine rings is 1. The number of furan rings is 1. The standard InChI is InChI=1S/C12H11ClN2O2/c1-8(9-3-2-6-14-7-9)15-12(16)10-4-5-11(13)17-10/h2-8H,1H3,(H,15,16). The Morgan fingerprint density at radius 1 is 1.47 bits per heavy atom. The van der Waals surface area contributed by atoms with E-state index in [-0.39, 0.29) is 22.9 Å². The lowest BCUT2D eigenvalue weighted by Crippen LogP contribution is -2.26. The van der Waals surface area contributed by atoms with Gasteiger partial charge in [-0.15, -0.1) is 0 Å². The summed E-state index contributed by atoms with van der Waals surface area (Å²) in [6, 6.07) is 6.65. The molecule has 5 heteroatoms. The van der Waals surface area contributed by atoms with Crippen molar-refractivity contribution in [3.63, 3.8) is 0 Å². The Balaban J connectivity index is 2.04. The molecule has 0 radical (unpaired) electrons. The van der Waals surface area contributed by atoms with Gasteiger partial charge in [0, 0.05) is 12.4 Å². The molecule has 0 aliphatic rings. The molecule has 0 fully saturated rings. The molecule has 88 valence electrons. The Kier molecular flexibility index (Phi) is 3.44. The number of hydrogen-bond acceptors (Lipinski definition) is 3. The molecule has 0 aromatic carbocycles. The number of carbonyl (C=O) groups is 1. The van der Waals surface area contributed by atoms with Crippen molar-refractivity contribution < 1.29 is 9.21 Å². The van der Waals surface area contributed by atoms with Gasteiger partial charge in [0.1, 0.15) is 0 Å². The lowest BCUT2D eigenvalue weighted by Gasteiger charge is -2.12. The van der Waals surface area contributed by atoms with Gasteiger partial charge in [0.2, 0.25) is 0 Å². The average Bonchev–Trinajstić information content (AvgIpc) is 2.77. The van der Waals surface area contributed by atoms with Crippen LogP contribution in [-0.2, 0) is 0 Å². The van der Waals surface area contributed by atoms with Crippen LogP contribution in [0.1, 0.15) is 29.1 Å². The number of halogens is 1. The highest BCUT2D eigenvalue weighted by molar-refractivity contribution is 6.29. The van der Waals surface area contributed by atoms with Gasteiger partial charge >= 0.3 is 0 Å². The Morgan fingerprint density at radius 3 is 2.88 bits per heavy atom. The fourth-order valence-corrected chi connectivity index (χ4v) is 1.57. The summed E-state index contributed by atoms with van der Waals surface area (Å²) in [6.45, 7) is 1.87. The second kappa shape index (κ2) is 5.01. The molecule has 17 heavy (non-hydrogen) atoms. The maximum atomic E-state index is 11.8. The van der Waals surface area contributed by atoms with Crippen LogP contribution in [0.15, 0.2) is 41.1 Å². The number of rotatable bonds is 3. The van der Waals surface area contributed by atoms with Gasteiger partial charge in [-0.25, -0.2) is 0 Å². The monoisotopic (exact) mass is 250 g/mol. The predicted octanol–water partition coefficient (Wildman–Crippen LogP) is 2.82. The van der Waals surface area contributed by atoms with Gasteiger partial charge in [-0.1, -0.05) is 6.07 Å². The lowest BCUT2D eigenvalue weighted by molar-refractivity contribution is 0.0912. The molecular formula is C12H11ClN2O2. The van der Waals surface area contributed by atoms with Gasteiger partial charge < -0.3 is 9.73 Å². The van der Waals surface area contributed by atoms with E-state index in [1.165, 1.54) is 12.1 Å². The minimum Gasteiger partial charge on any atom is -0.440 e. The number of carbonyl (C=O) groups excluding carboxylic acids is 1. The van der Waals surface area contributed by atoms with Crippen molar-refractivity contribution in [2.24, 2.45) is 0 Å². The molecule has 1 amide bonds. The minimum atomic E-state index is -0.298. The lowest BCUT2D eigenvalue weighted by atomic mass is 10.1. The second-order valence-corrected chi connectivity index (χ2v) is 3.96. The SMILES string of the molecule is CC(NC(=O)c1ccc(Cl)o1)c1cccnc1. The van der Waals surface area contributed by atoms with E-state index in [0.29, 0.717) is 0 Å². The molecule has 0 saturated carbocycles. The van der Waals surface area contributed by atoms with Crippen molar-refractivity contribution in [2.75, 3.05) is 0 Å². The smallest absolute Gasteiger partial charge is 0.287 e. The van der Waals surface area contributed by atoms with Crippen molar-refractivity contribution in [3.8, 4) is 0 Å². The molecule has 1 unspecified atom stereocenters. The van der Waals surface area contributed by atoms with Crippen LogP contribution in [0.25, 0.3) is 0 Å². The highest BCUT2D eigenvalue weighted by Gasteiger charge is 2.14. The van der Waals surface area contributed by atoms with Gasteiger partial charge in [0.25, 0.3) is 5.91 Å². The zero-order chi connectivity index (χ0) is 12.3.